The highest BCUT2D eigenvalue weighted by Gasteiger charge is 2.30. The van der Waals surface area contributed by atoms with Gasteiger partial charge in [0.25, 0.3) is 0 Å². The molecule has 2 aromatic rings. The zero-order chi connectivity index (χ0) is 28.6. The third kappa shape index (κ3) is 8.81. The van der Waals surface area contributed by atoms with Gasteiger partial charge >= 0.3 is 0 Å². The highest BCUT2D eigenvalue weighted by atomic mass is 35.5. The molecule has 0 aliphatic carbocycles. The average Bonchev–Trinajstić information content (AvgIpc) is 2.83. The van der Waals surface area contributed by atoms with E-state index in [1.165, 1.54) is 4.90 Å². The van der Waals surface area contributed by atoms with E-state index in [9.17, 15) is 26.8 Å². The number of nitrogens with zero attached hydrogens (tertiary/aromatic N) is 2. The molecule has 0 saturated heterocycles. The van der Waals surface area contributed by atoms with Crippen LogP contribution < -0.4 is 9.62 Å². The Hall–Kier alpha value is -2.43. The number of hydrogen-bond acceptors (Lipinski definition) is 4. The molecule has 0 spiro atoms. The highest BCUT2D eigenvalue weighted by molar-refractivity contribution is 7.92. The van der Waals surface area contributed by atoms with Crippen LogP contribution in [0.3, 0.4) is 0 Å². The highest BCUT2D eigenvalue weighted by Crippen LogP contribution is 2.25. The molecule has 7 nitrogen and oxygen atoms in total. The number of carbonyl (C=O) groups excluding carboxylic acids is 2. The fraction of sp³-hybridized carbons (Fsp3) is 0.462. The molecule has 0 bridgehead atoms. The molecule has 0 fully saturated rings. The lowest BCUT2D eigenvalue weighted by molar-refractivity contribution is -0.141. The van der Waals surface area contributed by atoms with E-state index in [1.807, 2.05) is 13.8 Å². The number of carbonyl (C=O) groups is 2. The Kier molecular flexibility index (Phi) is 11.8. The standard InChI is InChI=1S/C26H33Cl2F2N3O4S/c1-5-17(3)31-26(35)24(6-2)32(16-18-9-10-19(27)14-21(18)28)25(34)8-7-13-33(38(4,36)37)20-11-12-22(29)23(30)15-20/h9-12,14-15,17,24H,5-8,13,16H2,1-4H3,(H,31,35)/t17-,24+/m0/s1. The molecule has 12 heteroatoms. The van der Waals surface area contributed by atoms with Crippen molar-refractivity contribution in [1.29, 1.82) is 0 Å². The third-order valence-electron chi connectivity index (χ3n) is 6.09. The number of hydrogen-bond donors (Lipinski definition) is 1. The molecular formula is C26H33Cl2F2N3O4S. The molecule has 38 heavy (non-hydrogen) atoms. The molecule has 0 unspecified atom stereocenters. The van der Waals surface area contributed by atoms with Crippen LogP contribution in [-0.4, -0.2) is 50.0 Å². The van der Waals surface area contributed by atoms with Crippen LogP contribution in [-0.2, 0) is 26.2 Å². The first-order valence-electron chi connectivity index (χ1n) is 12.2. The molecule has 0 aliphatic heterocycles. The Morgan fingerprint density at radius 3 is 2.26 bits per heavy atom. The fourth-order valence-corrected chi connectivity index (χ4v) is 5.26. The minimum absolute atomic E-state index is 0.0419. The Balaban J connectivity index is 2.28. The summed E-state index contributed by atoms with van der Waals surface area (Å²) in [6.45, 7) is 5.48. The molecule has 2 atom stereocenters. The Labute approximate surface area is 233 Å². The summed E-state index contributed by atoms with van der Waals surface area (Å²) in [5.74, 6) is -2.98. The maximum absolute atomic E-state index is 13.8. The molecule has 210 valence electrons. The first-order valence-corrected chi connectivity index (χ1v) is 14.8. The van der Waals surface area contributed by atoms with Gasteiger partial charge in [-0.05, 0) is 56.0 Å². The van der Waals surface area contributed by atoms with Gasteiger partial charge in [0.1, 0.15) is 6.04 Å². The summed E-state index contributed by atoms with van der Waals surface area (Å²) < 4.78 is 52.7. The smallest absolute Gasteiger partial charge is 0.243 e. The zero-order valence-electron chi connectivity index (χ0n) is 21.8. The molecule has 0 radical (unpaired) electrons. The largest absolute Gasteiger partial charge is 0.352 e. The van der Waals surface area contributed by atoms with Crippen molar-refractivity contribution in [3.05, 3.63) is 63.6 Å². The van der Waals surface area contributed by atoms with Crippen LogP contribution in [0.1, 0.15) is 52.0 Å². The van der Waals surface area contributed by atoms with Gasteiger partial charge in [-0.3, -0.25) is 13.9 Å². The van der Waals surface area contributed by atoms with Gasteiger partial charge in [-0.15, -0.1) is 0 Å². The molecule has 0 aromatic heterocycles. The molecule has 2 amide bonds. The molecule has 0 saturated carbocycles. The van der Waals surface area contributed by atoms with Gasteiger partial charge in [-0.25, -0.2) is 17.2 Å². The van der Waals surface area contributed by atoms with Gasteiger partial charge in [0, 0.05) is 41.7 Å². The fourth-order valence-electron chi connectivity index (χ4n) is 3.84. The SMILES string of the molecule is CC[C@H](C(=O)N[C@@H](C)CC)N(Cc1ccc(Cl)cc1Cl)C(=O)CCCN(c1ccc(F)c(F)c1)S(C)(=O)=O. The number of anilines is 1. The van der Waals surface area contributed by atoms with Crippen LogP contribution in [0.15, 0.2) is 36.4 Å². The van der Waals surface area contributed by atoms with Crippen LogP contribution in [0, 0.1) is 11.6 Å². The topological polar surface area (TPSA) is 86.8 Å². The van der Waals surface area contributed by atoms with Crippen LogP contribution >= 0.6 is 23.2 Å². The number of rotatable bonds is 13. The summed E-state index contributed by atoms with van der Waals surface area (Å²) in [5.41, 5.74) is 0.543. The summed E-state index contributed by atoms with van der Waals surface area (Å²) in [4.78, 5) is 27.9. The first kappa shape index (κ1) is 31.8. The Morgan fingerprint density at radius 1 is 1.03 bits per heavy atom. The van der Waals surface area contributed by atoms with Gasteiger partial charge in [0.15, 0.2) is 11.6 Å². The third-order valence-corrected chi connectivity index (χ3v) is 7.87. The van der Waals surface area contributed by atoms with Gasteiger partial charge in [0.05, 0.1) is 11.9 Å². The summed E-state index contributed by atoms with van der Waals surface area (Å²) in [6.07, 6.45) is 1.96. The van der Waals surface area contributed by atoms with E-state index in [0.717, 1.165) is 28.8 Å². The lowest BCUT2D eigenvalue weighted by Gasteiger charge is -2.32. The number of nitrogens with one attached hydrogen (secondary N) is 1. The molecule has 2 aromatic carbocycles. The van der Waals surface area contributed by atoms with Crippen LogP contribution in [0.2, 0.25) is 10.0 Å². The predicted molar refractivity (Wildman–Crippen MR) is 147 cm³/mol. The van der Waals surface area contributed by atoms with Gasteiger partial charge < -0.3 is 10.2 Å². The number of amides is 2. The maximum Gasteiger partial charge on any atom is 0.243 e. The second-order valence-electron chi connectivity index (χ2n) is 9.04. The quantitative estimate of drug-likeness (QED) is 0.331. The second-order valence-corrected chi connectivity index (χ2v) is 11.8. The van der Waals surface area contributed by atoms with E-state index in [0.29, 0.717) is 28.5 Å². The van der Waals surface area contributed by atoms with Crippen LogP contribution in [0.25, 0.3) is 0 Å². The van der Waals surface area contributed by atoms with E-state index >= 15 is 0 Å². The maximum atomic E-state index is 13.8. The minimum atomic E-state index is -3.85. The monoisotopic (exact) mass is 591 g/mol. The lowest BCUT2D eigenvalue weighted by atomic mass is 10.1. The first-order chi connectivity index (χ1) is 17.8. The number of benzene rings is 2. The van der Waals surface area contributed by atoms with Crippen molar-refractivity contribution < 1.29 is 26.8 Å². The molecule has 0 heterocycles. The van der Waals surface area contributed by atoms with E-state index < -0.39 is 27.7 Å². The lowest BCUT2D eigenvalue weighted by Crippen LogP contribution is -2.50. The van der Waals surface area contributed by atoms with Crippen molar-refractivity contribution in [2.45, 2.75) is 65.1 Å². The van der Waals surface area contributed by atoms with Crippen molar-refractivity contribution >= 4 is 50.7 Å². The predicted octanol–water partition coefficient (Wildman–Crippen LogP) is 5.54. The molecule has 0 aliphatic rings. The van der Waals surface area contributed by atoms with Crippen molar-refractivity contribution in [1.82, 2.24) is 10.2 Å². The van der Waals surface area contributed by atoms with Gasteiger partial charge in [0.2, 0.25) is 21.8 Å². The van der Waals surface area contributed by atoms with Crippen molar-refractivity contribution in [3.8, 4) is 0 Å². The number of halogens is 4. The number of sulfonamides is 1. The van der Waals surface area contributed by atoms with Gasteiger partial charge in [-0.2, -0.15) is 0 Å². The van der Waals surface area contributed by atoms with Crippen LogP contribution in [0.4, 0.5) is 14.5 Å². The molecular weight excluding hydrogens is 559 g/mol. The summed E-state index contributed by atoms with van der Waals surface area (Å²) >= 11 is 12.4. The van der Waals surface area contributed by atoms with Crippen molar-refractivity contribution in [2.24, 2.45) is 0 Å². The summed E-state index contributed by atoms with van der Waals surface area (Å²) in [7, 11) is -3.85. The summed E-state index contributed by atoms with van der Waals surface area (Å²) in [5, 5.41) is 3.68. The molecule has 1 N–H and O–H groups in total. The van der Waals surface area contributed by atoms with Crippen molar-refractivity contribution in [2.75, 3.05) is 17.1 Å². The normalized spacial score (nSPS) is 13.1. The minimum Gasteiger partial charge on any atom is -0.352 e. The van der Waals surface area contributed by atoms with Crippen molar-refractivity contribution in [3.63, 3.8) is 0 Å². The van der Waals surface area contributed by atoms with E-state index in [-0.39, 0.29) is 49.5 Å². The van der Waals surface area contributed by atoms with Crippen LogP contribution in [0.5, 0.6) is 0 Å². The summed E-state index contributed by atoms with van der Waals surface area (Å²) in [6, 6.07) is 6.77. The van der Waals surface area contributed by atoms with Gasteiger partial charge in [-0.1, -0.05) is 43.1 Å². The van der Waals surface area contributed by atoms with E-state index in [4.69, 9.17) is 23.2 Å². The Bertz CT molecular complexity index is 1250. The Morgan fingerprint density at radius 2 is 1.71 bits per heavy atom. The average molecular weight is 593 g/mol. The van der Waals surface area contributed by atoms with E-state index in [1.54, 1.807) is 25.1 Å². The van der Waals surface area contributed by atoms with E-state index in [2.05, 4.69) is 5.32 Å². The second kappa shape index (κ2) is 14.1. The molecule has 2 rings (SSSR count). The zero-order valence-corrected chi connectivity index (χ0v) is 24.1.